The van der Waals surface area contributed by atoms with E-state index in [1.165, 1.54) is 11.3 Å². The second kappa shape index (κ2) is 6.99. The van der Waals surface area contributed by atoms with Crippen molar-refractivity contribution in [3.8, 4) is 0 Å². The number of hydrogen-bond donors (Lipinski definition) is 2. The molecule has 1 atom stereocenters. The monoisotopic (exact) mass is 391 g/mol. The number of nitrogens with two attached hydrogens (primary N) is 1. The van der Waals surface area contributed by atoms with E-state index in [9.17, 15) is 0 Å². The lowest BCUT2D eigenvalue weighted by molar-refractivity contribution is 0.258. The molecule has 152 valence electrons. The highest BCUT2D eigenvalue weighted by Crippen LogP contribution is 2.40. The van der Waals surface area contributed by atoms with E-state index in [2.05, 4.69) is 58.1 Å². The predicted molar refractivity (Wildman–Crippen MR) is 117 cm³/mol. The van der Waals surface area contributed by atoms with Crippen molar-refractivity contribution in [2.24, 2.45) is 11.1 Å². The molecule has 5 rings (SSSR count). The zero-order valence-corrected chi connectivity index (χ0v) is 17.2. The minimum atomic E-state index is 0.244. The van der Waals surface area contributed by atoms with Crippen molar-refractivity contribution < 1.29 is 0 Å². The van der Waals surface area contributed by atoms with Crippen LogP contribution in [-0.4, -0.2) is 46.3 Å². The Morgan fingerprint density at radius 3 is 2.79 bits per heavy atom. The third kappa shape index (κ3) is 3.13. The van der Waals surface area contributed by atoms with E-state index < -0.39 is 0 Å². The Morgan fingerprint density at radius 1 is 1.21 bits per heavy atom. The first-order valence-corrected chi connectivity index (χ1v) is 10.6. The van der Waals surface area contributed by atoms with E-state index >= 15 is 0 Å². The molecule has 2 aromatic heterocycles. The lowest BCUT2D eigenvalue weighted by atomic mass is 9.80. The van der Waals surface area contributed by atoms with Gasteiger partial charge < -0.3 is 15.5 Å². The molecule has 4 heterocycles. The van der Waals surface area contributed by atoms with Crippen molar-refractivity contribution in [1.82, 2.24) is 20.2 Å². The van der Waals surface area contributed by atoms with Crippen molar-refractivity contribution >= 4 is 28.5 Å². The highest BCUT2D eigenvalue weighted by molar-refractivity contribution is 5.87. The number of nitrogens with one attached hydrogen (secondary N) is 1. The van der Waals surface area contributed by atoms with Crippen LogP contribution in [0.5, 0.6) is 0 Å². The number of H-pyrrole nitrogens is 1. The summed E-state index contributed by atoms with van der Waals surface area (Å²) in [5, 5.41) is 7.73. The molecule has 0 bridgehead atoms. The van der Waals surface area contributed by atoms with Crippen molar-refractivity contribution in [2.75, 3.05) is 36.0 Å². The molecular formula is C22H29N7. The minimum Gasteiger partial charge on any atom is -0.355 e. The van der Waals surface area contributed by atoms with Crippen molar-refractivity contribution in [3.05, 3.63) is 36.0 Å². The first-order chi connectivity index (χ1) is 14.1. The number of fused-ring (bicyclic) bond motifs is 2. The van der Waals surface area contributed by atoms with Gasteiger partial charge in [0.2, 0.25) is 0 Å². The SMILES string of the molecule is C[C@H]1CCN(c2n[nH]c3nc(N4CCC(C)(CN)CC4)cnc23)c2ccccc21. The van der Waals surface area contributed by atoms with Crippen molar-refractivity contribution in [3.63, 3.8) is 0 Å². The Kier molecular flexibility index (Phi) is 4.42. The summed E-state index contributed by atoms with van der Waals surface area (Å²) in [6.45, 7) is 8.17. The maximum atomic E-state index is 5.95. The molecule has 7 nitrogen and oxygen atoms in total. The lowest BCUT2D eigenvalue weighted by Crippen LogP contribution is -2.42. The average molecular weight is 392 g/mol. The fourth-order valence-corrected chi connectivity index (χ4v) is 4.57. The molecule has 0 unspecified atom stereocenters. The van der Waals surface area contributed by atoms with E-state index in [1.54, 1.807) is 0 Å². The van der Waals surface area contributed by atoms with Gasteiger partial charge in [-0.3, -0.25) is 5.10 Å². The van der Waals surface area contributed by atoms with Crippen LogP contribution in [0.3, 0.4) is 0 Å². The second-order valence-corrected chi connectivity index (χ2v) is 8.87. The number of para-hydroxylation sites is 1. The van der Waals surface area contributed by atoms with Crippen LogP contribution in [0.2, 0.25) is 0 Å². The molecular weight excluding hydrogens is 362 g/mol. The largest absolute Gasteiger partial charge is 0.355 e. The van der Waals surface area contributed by atoms with E-state index in [-0.39, 0.29) is 5.41 Å². The topological polar surface area (TPSA) is 87.0 Å². The number of aromatic nitrogens is 4. The quantitative estimate of drug-likeness (QED) is 0.710. The fourth-order valence-electron chi connectivity index (χ4n) is 4.57. The molecule has 2 aliphatic heterocycles. The van der Waals surface area contributed by atoms with Gasteiger partial charge in [0.1, 0.15) is 5.82 Å². The standard InChI is InChI=1S/C22H29N7/c1-15-7-10-29(17-6-4-3-5-16(15)17)21-19-20(26-27-21)25-18(13-24-19)28-11-8-22(2,14-23)9-12-28/h3-6,13,15H,7-12,14,23H2,1-2H3,(H,25,26,27)/t15-/m0/s1. The van der Waals surface area contributed by atoms with Crippen LogP contribution in [-0.2, 0) is 0 Å². The van der Waals surface area contributed by atoms with Gasteiger partial charge in [-0.1, -0.05) is 32.0 Å². The molecule has 0 radical (unpaired) electrons. The van der Waals surface area contributed by atoms with Crippen LogP contribution in [0, 0.1) is 5.41 Å². The van der Waals surface area contributed by atoms with Gasteiger partial charge >= 0.3 is 0 Å². The minimum absolute atomic E-state index is 0.244. The first kappa shape index (κ1) is 18.4. The molecule has 0 amide bonds. The van der Waals surface area contributed by atoms with Gasteiger partial charge in [-0.15, -0.1) is 0 Å². The van der Waals surface area contributed by atoms with E-state index in [1.807, 2.05) is 6.20 Å². The summed E-state index contributed by atoms with van der Waals surface area (Å²) < 4.78 is 0. The zero-order chi connectivity index (χ0) is 20.0. The molecule has 0 saturated carbocycles. The molecule has 2 aliphatic rings. The second-order valence-electron chi connectivity index (χ2n) is 8.87. The molecule has 0 spiro atoms. The summed E-state index contributed by atoms with van der Waals surface area (Å²) in [5.41, 5.74) is 10.4. The molecule has 1 aromatic carbocycles. The average Bonchev–Trinajstić information content (AvgIpc) is 3.18. The maximum absolute atomic E-state index is 5.95. The van der Waals surface area contributed by atoms with Gasteiger partial charge in [-0.25, -0.2) is 9.97 Å². The van der Waals surface area contributed by atoms with Crippen molar-refractivity contribution in [2.45, 2.75) is 39.0 Å². The third-order valence-electron chi connectivity index (χ3n) is 6.83. The molecule has 29 heavy (non-hydrogen) atoms. The number of hydrogen-bond acceptors (Lipinski definition) is 6. The first-order valence-electron chi connectivity index (χ1n) is 10.6. The van der Waals surface area contributed by atoms with Crippen LogP contribution >= 0.6 is 0 Å². The fraction of sp³-hybridized carbons (Fsp3) is 0.500. The van der Waals surface area contributed by atoms with Crippen LogP contribution < -0.4 is 15.5 Å². The number of aromatic amines is 1. The van der Waals surface area contributed by atoms with Gasteiger partial charge in [0.25, 0.3) is 0 Å². The smallest absolute Gasteiger partial charge is 0.183 e. The zero-order valence-electron chi connectivity index (χ0n) is 17.2. The molecule has 1 saturated heterocycles. The summed E-state index contributed by atoms with van der Waals surface area (Å²) in [6, 6.07) is 8.60. The normalized spacial score (nSPS) is 21.4. The summed E-state index contributed by atoms with van der Waals surface area (Å²) >= 11 is 0. The van der Waals surface area contributed by atoms with Gasteiger partial charge in [0.05, 0.1) is 6.20 Å². The summed E-state index contributed by atoms with van der Waals surface area (Å²) in [7, 11) is 0. The van der Waals surface area contributed by atoms with Crippen molar-refractivity contribution in [1.29, 1.82) is 0 Å². The number of benzene rings is 1. The number of rotatable bonds is 3. The predicted octanol–water partition coefficient (Wildman–Crippen LogP) is 3.56. The molecule has 3 aromatic rings. The molecule has 3 N–H and O–H groups in total. The van der Waals surface area contributed by atoms with E-state index in [0.29, 0.717) is 5.92 Å². The Labute approximate surface area is 171 Å². The summed E-state index contributed by atoms with van der Waals surface area (Å²) in [6.07, 6.45) is 5.16. The molecule has 7 heteroatoms. The van der Waals surface area contributed by atoms with Crippen LogP contribution in [0.1, 0.15) is 44.6 Å². The Morgan fingerprint density at radius 2 is 2.00 bits per heavy atom. The lowest BCUT2D eigenvalue weighted by Gasteiger charge is -2.39. The van der Waals surface area contributed by atoms with Gasteiger partial charge in [0, 0.05) is 25.3 Å². The summed E-state index contributed by atoms with van der Waals surface area (Å²) in [4.78, 5) is 14.2. The van der Waals surface area contributed by atoms with Crippen LogP contribution in [0.25, 0.3) is 11.2 Å². The van der Waals surface area contributed by atoms with E-state index in [0.717, 1.165) is 68.2 Å². The van der Waals surface area contributed by atoms with Gasteiger partial charge in [-0.05, 0) is 48.8 Å². The number of piperidine rings is 1. The Bertz CT molecular complexity index is 1020. The highest BCUT2D eigenvalue weighted by Gasteiger charge is 2.30. The third-order valence-corrected chi connectivity index (χ3v) is 6.83. The number of anilines is 3. The van der Waals surface area contributed by atoms with Gasteiger partial charge in [0.15, 0.2) is 17.0 Å². The van der Waals surface area contributed by atoms with Crippen LogP contribution in [0.4, 0.5) is 17.3 Å². The van der Waals surface area contributed by atoms with E-state index in [4.69, 9.17) is 15.7 Å². The highest BCUT2D eigenvalue weighted by atomic mass is 15.3. The maximum Gasteiger partial charge on any atom is 0.183 e. The Hall–Kier alpha value is -2.67. The Balaban J connectivity index is 1.45. The molecule has 1 fully saturated rings. The van der Waals surface area contributed by atoms with Crippen LogP contribution in [0.15, 0.2) is 30.5 Å². The summed E-state index contributed by atoms with van der Waals surface area (Å²) in [5.74, 6) is 2.34. The molecule has 0 aliphatic carbocycles. The van der Waals surface area contributed by atoms with Gasteiger partial charge in [-0.2, -0.15) is 5.10 Å². The number of nitrogens with zero attached hydrogens (tertiary/aromatic N) is 5.